The van der Waals surface area contributed by atoms with Crippen LogP contribution in [0, 0.1) is 17.1 Å². The maximum Gasteiger partial charge on any atom is 0.269 e. The first kappa shape index (κ1) is 16.9. The zero-order valence-electron chi connectivity index (χ0n) is 13.4. The summed E-state index contributed by atoms with van der Waals surface area (Å²) < 4.78 is 19.7. The highest BCUT2D eigenvalue weighted by atomic mass is 19.1. The fourth-order valence-corrected chi connectivity index (χ4v) is 2.74. The van der Waals surface area contributed by atoms with E-state index in [1.165, 1.54) is 34.9 Å². The van der Waals surface area contributed by atoms with Crippen LogP contribution in [0.4, 0.5) is 4.39 Å². The van der Waals surface area contributed by atoms with E-state index in [2.05, 4.69) is 0 Å². The standard InChI is InChI=1S/C18H16FN3O3/c19-15-4-1-13(2-5-15)16-6-3-14(11-20)18(24)22(16)12-17(23)21-7-9-25-10-8-21/h1-6H,7-10,12H2. The minimum atomic E-state index is -0.536. The second-order valence-corrected chi connectivity index (χ2v) is 5.64. The highest BCUT2D eigenvalue weighted by Gasteiger charge is 2.20. The third kappa shape index (κ3) is 3.59. The number of hydrogen-bond acceptors (Lipinski definition) is 4. The maximum atomic E-state index is 13.2. The first-order chi connectivity index (χ1) is 12.1. The molecular formula is C18H16FN3O3. The molecule has 0 N–H and O–H groups in total. The van der Waals surface area contributed by atoms with Gasteiger partial charge in [-0.25, -0.2) is 4.39 Å². The molecule has 1 aliphatic heterocycles. The predicted molar refractivity (Wildman–Crippen MR) is 88.2 cm³/mol. The van der Waals surface area contributed by atoms with E-state index in [1.54, 1.807) is 11.0 Å². The van der Waals surface area contributed by atoms with E-state index < -0.39 is 11.4 Å². The van der Waals surface area contributed by atoms with Crippen molar-refractivity contribution in [3.63, 3.8) is 0 Å². The predicted octanol–water partition coefficient (Wildman–Crippen LogP) is 1.38. The molecule has 1 aliphatic rings. The normalized spacial score (nSPS) is 14.2. The summed E-state index contributed by atoms with van der Waals surface area (Å²) in [5, 5.41) is 9.10. The number of benzene rings is 1. The molecule has 0 spiro atoms. The van der Waals surface area contributed by atoms with E-state index in [1.807, 2.05) is 6.07 Å². The van der Waals surface area contributed by atoms with Crippen LogP contribution in [0.1, 0.15) is 5.56 Å². The lowest BCUT2D eigenvalue weighted by Gasteiger charge is -2.27. The summed E-state index contributed by atoms with van der Waals surface area (Å²) >= 11 is 0. The van der Waals surface area contributed by atoms with Crippen LogP contribution in [0.25, 0.3) is 11.3 Å². The molecule has 1 aromatic heterocycles. The van der Waals surface area contributed by atoms with Crippen LogP contribution in [-0.2, 0) is 16.1 Å². The number of carbonyl (C=O) groups is 1. The average Bonchev–Trinajstić information content (AvgIpc) is 2.65. The van der Waals surface area contributed by atoms with Gasteiger partial charge < -0.3 is 9.64 Å². The Balaban J connectivity index is 2.00. The fraction of sp³-hybridized carbons (Fsp3) is 0.278. The number of nitriles is 1. The van der Waals surface area contributed by atoms with Crippen LogP contribution in [0.15, 0.2) is 41.2 Å². The molecule has 0 radical (unpaired) electrons. The van der Waals surface area contributed by atoms with E-state index in [-0.39, 0.29) is 18.0 Å². The van der Waals surface area contributed by atoms with Gasteiger partial charge in [-0.2, -0.15) is 5.26 Å². The second kappa shape index (κ2) is 7.28. The van der Waals surface area contributed by atoms with E-state index in [0.29, 0.717) is 37.6 Å². The van der Waals surface area contributed by atoms with Crippen molar-refractivity contribution in [2.75, 3.05) is 26.3 Å². The average molecular weight is 341 g/mol. The van der Waals surface area contributed by atoms with Gasteiger partial charge in [-0.1, -0.05) is 0 Å². The summed E-state index contributed by atoms with van der Waals surface area (Å²) in [4.78, 5) is 26.7. The number of morpholine rings is 1. The monoisotopic (exact) mass is 341 g/mol. The van der Waals surface area contributed by atoms with Gasteiger partial charge in [-0.15, -0.1) is 0 Å². The number of nitrogens with zero attached hydrogens (tertiary/aromatic N) is 3. The quantitative estimate of drug-likeness (QED) is 0.845. The smallest absolute Gasteiger partial charge is 0.269 e. The summed E-state index contributed by atoms with van der Waals surface area (Å²) in [6.45, 7) is 1.68. The summed E-state index contributed by atoms with van der Waals surface area (Å²) in [5.74, 6) is -0.612. The Morgan fingerprint density at radius 1 is 1.16 bits per heavy atom. The number of rotatable bonds is 3. The lowest BCUT2D eigenvalue weighted by Crippen LogP contribution is -2.43. The Hall–Kier alpha value is -2.98. The fourth-order valence-electron chi connectivity index (χ4n) is 2.74. The topological polar surface area (TPSA) is 75.3 Å². The number of ether oxygens (including phenoxy) is 1. The van der Waals surface area contributed by atoms with Crippen molar-refractivity contribution in [1.29, 1.82) is 5.26 Å². The molecule has 1 aromatic carbocycles. The van der Waals surface area contributed by atoms with Gasteiger partial charge in [0, 0.05) is 13.1 Å². The SMILES string of the molecule is N#Cc1ccc(-c2ccc(F)cc2)n(CC(=O)N2CCOCC2)c1=O. The number of pyridine rings is 1. The summed E-state index contributed by atoms with van der Waals surface area (Å²) in [6.07, 6.45) is 0. The van der Waals surface area contributed by atoms with Gasteiger partial charge in [0.1, 0.15) is 24.0 Å². The van der Waals surface area contributed by atoms with Crippen LogP contribution in [0.2, 0.25) is 0 Å². The largest absolute Gasteiger partial charge is 0.378 e. The molecule has 0 unspecified atom stereocenters. The van der Waals surface area contributed by atoms with E-state index in [9.17, 15) is 14.0 Å². The molecule has 0 aliphatic carbocycles. The molecule has 1 saturated heterocycles. The Morgan fingerprint density at radius 3 is 2.48 bits per heavy atom. The zero-order valence-corrected chi connectivity index (χ0v) is 13.4. The maximum absolute atomic E-state index is 13.2. The van der Waals surface area contributed by atoms with Crippen molar-refractivity contribution in [2.45, 2.75) is 6.54 Å². The van der Waals surface area contributed by atoms with Crippen LogP contribution in [0.3, 0.4) is 0 Å². The molecule has 0 saturated carbocycles. The van der Waals surface area contributed by atoms with Gasteiger partial charge in [-0.05, 0) is 42.0 Å². The molecule has 7 heteroatoms. The van der Waals surface area contributed by atoms with Gasteiger partial charge in [0.15, 0.2) is 0 Å². The molecule has 6 nitrogen and oxygen atoms in total. The van der Waals surface area contributed by atoms with Gasteiger partial charge in [0.25, 0.3) is 5.56 Å². The van der Waals surface area contributed by atoms with Gasteiger partial charge >= 0.3 is 0 Å². The Bertz CT molecular complexity index is 878. The van der Waals surface area contributed by atoms with Gasteiger partial charge in [0.05, 0.1) is 18.9 Å². The number of aromatic nitrogens is 1. The summed E-state index contributed by atoms with van der Waals surface area (Å²) in [7, 11) is 0. The first-order valence-corrected chi connectivity index (χ1v) is 7.85. The second-order valence-electron chi connectivity index (χ2n) is 5.64. The molecule has 2 aromatic rings. The minimum absolute atomic E-state index is 0.0411. The van der Waals surface area contributed by atoms with E-state index in [0.717, 1.165) is 0 Å². The van der Waals surface area contributed by atoms with Crippen molar-refractivity contribution in [3.05, 3.63) is 58.1 Å². The van der Waals surface area contributed by atoms with Crippen LogP contribution in [0.5, 0.6) is 0 Å². The van der Waals surface area contributed by atoms with Crippen molar-refractivity contribution < 1.29 is 13.9 Å². The van der Waals surface area contributed by atoms with Gasteiger partial charge in [0.2, 0.25) is 5.91 Å². The first-order valence-electron chi connectivity index (χ1n) is 7.85. The Morgan fingerprint density at radius 2 is 1.84 bits per heavy atom. The van der Waals surface area contributed by atoms with Gasteiger partial charge in [-0.3, -0.25) is 14.2 Å². The third-order valence-electron chi connectivity index (χ3n) is 4.09. The highest BCUT2D eigenvalue weighted by molar-refractivity contribution is 5.77. The zero-order chi connectivity index (χ0) is 17.8. The molecule has 25 heavy (non-hydrogen) atoms. The molecule has 1 fully saturated rings. The lowest BCUT2D eigenvalue weighted by atomic mass is 10.1. The molecule has 128 valence electrons. The molecule has 3 rings (SSSR count). The van der Waals surface area contributed by atoms with Crippen molar-refractivity contribution in [1.82, 2.24) is 9.47 Å². The van der Waals surface area contributed by atoms with Crippen molar-refractivity contribution >= 4 is 5.91 Å². The molecule has 0 bridgehead atoms. The molecule has 2 heterocycles. The molecular weight excluding hydrogens is 325 g/mol. The number of hydrogen-bond donors (Lipinski definition) is 0. The van der Waals surface area contributed by atoms with Crippen LogP contribution < -0.4 is 5.56 Å². The highest BCUT2D eigenvalue weighted by Crippen LogP contribution is 2.19. The summed E-state index contributed by atoms with van der Waals surface area (Å²) in [6, 6.07) is 10.5. The number of carbonyl (C=O) groups excluding carboxylic acids is 1. The van der Waals surface area contributed by atoms with Crippen LogP contribution in [-0.4, -0.2) is 41.7 Å². The third-order valence-corrected chi connectivity index (χ3v) is 4.09. The van der Waals surface area contributed by atoms with Crippen LogP contribution >= 0.6 is 0 Å². The van der Waals surface area contributed by atoms with E-state index >= 15 is 0 Å². The van der Waals surface area contributed by atoms with Crippen molar-refractivity contribution in [2.24, 2.45) is 0 Å². The lowest BCUT2D eigenvalue weighted by molar-refractivity contribution is -0.135. The van der Waals surface area contributed by atoms with E-state index in [4.69, 9.17) is 10.00 Å². The number of amides is 1. The summed E-state index contributed by atoms with van der Waals surface area (Å²) in [5.41, 5.74) is 0.481. The Kier molecular flexibility index (Phi) is 4.91. The Labute approximate surface area is 143 Å². The van der Waals surface area contributed by atoms with Crippen molar-refractivity contribution in [3.8, 4) is 17.3 Å². The molecule has 1 amide bonds. The number of halogens is 1. The minimum Gasteiger partial charge on any atom is -0.378 e. The molecule has 0 atom stereocenters.